The minimum atomic E-state index is -3.66. The second-order valence-electron chi connectivity index (χ2n) is 7.25. The van der Waals surface area contributed by atoms with E-state index < -0.39 is 15.9 Å². The van der Waals surface area contributed by atoms with Gasteiger partial charge in [-0.1, -0.05) is 12.1 Å². The number of phenols is 1. The molecule has 2 aromatic carbocycles. The maximum Gasteiger partial charge on any atom is 0.243 e. The van der Waals surface area contributed by atoms with Crippen molar-refractivity contribution in [2.45, 2.75) is 24.7 Å². The number of nitrogens with one attached hydrogen (secondary N) is 2. The smallest absolute Gasteiger partial charge is 0.243 e. The Hall–Kier alpha value is -2.56. The zero-order chi connectivity index (χ0) is 22.4. The summed E-state index contributed by atoms with van der Waals surface area (Å²) in [6.45, 7) is 2.86. The summed E-state index contributed by atoms with van der Waals surface area (Å²) < 4.78 is 26.8. The number of hydrogen-bond donors (Lipinski definition) is 3. The molecule has 0 aliphatic carbocycles. The van der Waals surface area contributed by atoms with E-state index in [2.05, 4.69) is 10.6 Å². The number of phenolic OH excluding ortho intramolecular Hbond substituents is 1. The van der Waals surface area contributed by atoms with Gasteiger partial charge in [-0.2, -0.15) is 4.31 Å². The van der Waals surface area contributed by atoms with Gasteiger partial charge in [0.25, 0.3) is 0 Å². The number of aryl methyl sites for hydroxylation is 1. The van der Waals surface area contributed by atoms with Crippen LogP contribution in [-0.4, -0.2) is 54.2 Å². The van der Waals surface area contributed by atoms with E-state index in [0.717, 1.165) is 30.2 Å². The molecule has 0 saturated carbocycles. The van der Waals surface area contributed by atoms with Gasteiger partial charge in [0, 0.05) is 18.8 Å². The lowest BCUT2D eigenvalue weighted by atomic mass is 10.2. The fraction of sp³-hybridized carbons (Fsp3) is 0.333. The number of thioether (sulfide) groups is 1. The Bertz CT molecular complexity index is 1070. The summed E-state index contributed by atoms with van der Waals surface area (Å²) in [6, 6.07) is 11.2. The highest BCUT2D eigenvalue weighted by molar-refractivity contribution is 8.00. The number of carbonyl (C=O) groups is 2. The standard InChI is InChI=1S/C21H25N3O5S2/c1-15-5-4-6-16(11-15)22-20(26)13-30-14-21(27)23-18-12-17(7-8-19(18)25)31(28,29)24-9-2-3-10-24/h4-8,11-12,25H,2-3,9-10,13-14H2,1H3,(H,22,26)(H,23,27). The highest BCUT2D eigenvalue weighted by Gasteiger charge is 2.27. The second kappa shape index (κ2) is 10.2. The summed E-state index contributed by atoms with van der Waals surface area (Å²) in [7, 11) is -3.66. The van der Waals surface area contributed by atoms with Gasteiger partial charge in [0.05, 0.1) is 22.1 Å². The molecule has 166 valence electrons. The van der Waals surface area contributed by atoms with Gasteiger partial charge in [-0.15, -0.1) is 11.8 Å². The molecule has 1 heterocycles. The van der Waals surface area contributed by atoms with Crippen LogP contribution in [0.25, 0.3) is 0 Å². The third-order valence-corrected chi connectivity index (χ3v) is 7.54. The Morgan fingerprint density at radius 3 is 2.39 bits per heavy atom. The number of carbonyl (C=O) groups excluding carboxylic acids is 2. The molecular weight excluding hydrogens is 438 g/mol. The molecule has 0 radical (unpaired) electrons. The van der Waals surface area contributed by atoms with Crippen LogP contribution < -0.4 is 10.6 Å². The Morgan fingerprint density at radius 1 is 1.03 bits per heavy atom. The zero-order valence-corrected chi connectivity index (χ0v) is 18.8. The molecule has 1 fully saturated rings. The molecule has 1 saturated heterocycles. The predicted molar refractivity (Wildman–Crippen MR) is 122 cm³/mol. The minimum absolute atomic E-state index is 0.0210. The predicted octanol–water partition coefficient (Wildman–Crippen LogP) is 2.80. The first-order valence-corrected chi connectivity index (χ1v) is 12.4. The van der Waals surface area contributed by atoms with Gasteiger partial charge < -0.3 is 15.7 Å². The van der Waals surface area contributed by atoms with Crippen molar-refractivity contribution in [1.82, 2.24) is 4.31 Å². The Morgan fingerprint density at radius 2 is 1.71 bits per heavy atom. The summed E-state index contributed by atoms with van der Waals surface area (Å²) in [5, 5.41) is 15.3. The van der Waals surface area contributed by atoms with Crippen LogP contribution >= 0.6 is 11.8 Å². The Labute approximate surface area is 186 Å². The fourth-order valence-electron chi connectivity index (χ4n) is 3.20. The van der Waals surface area contributed by atoms with Gasteiger partial charge in [-0.25, -0.2) is 8.42 Å². The molecule has 0 atom stereocenters. The highest BCUT2D eigenvalue weighted by atomic mass is 32.2. The molecule has 1 aliphatic heterocycles. The van der Waals surface area contributed by atoms with Crippen LogP contribution in [0.5, 0.6) is 5.75 Å². The van der Waals surface area contributed by atoms with Crippen molar-refractivity contribution >= 4 is 45.0 Å². The molecule has 8 nitrogen and oxygen atoms in total. The van der Waals surface area contributed by atoms with Crippen molar-refractivity contribution in [1.29, 1.82) is 0 Å². The van der Waals surface area contributed by atoms with E-state index in [4.69, 9.17) is 0 Å². The number of nitrogens with zero attached hydrogens (tertiary/aromatic N) is 1. The summed E-state index contributed by atoms with van der Waals surface area (Å²) in [5.41, 5.74) is 1.74. The molecule has 3 rings (SSSR count). The van der Waals surface area contributed by atoms with Crippen molar-refractivity contribution in [3.05, 3.63) is 48.0 Å². The minimum Gasteiger partial charge on any atom is -0.506 e. The molecule has 2 aromatic rings. The monoisotopic (exact) mass is 463 g/mol. The molecule has 0 spiro atoms. The number of rotatable bonds is 8. The van der Waals surface area contributed by atoms with Crippen LogP contribution in [0, 0.1) is 6.92 Å². The quantitative estimate of drug-likeness (QED) is 0.519. The molecule has 0 bridgehead atoms. The topological polar surface area (TPSA) is 116 Å². The van der Waals surface area contributed by atoms with E-state index in [9.17, 15) is 23.1 Å². The summed E-state index contributed by atoms with van der Waals surface area (Å²) in [6.07, 6.45) is 1.63. The highest BCUT2D eigenvalue weighted by Crippen LogP contribution is 2.29. The molecule has 0 aromatic heterocycles. The average molecular weight is 464 g/mol. The number of sulfonamides is 1. The lowest BCUT2D eigenvalue weighted by Gasteiger charge is -2.16. The van der Waals surface area contributed by atoms with Crippen LogP contribution in [0.15, 0.2) is 47.4 Å². The van der Waals surface area contributed by atoms with Gasteiger partial charge >= 0.3 is 0 Å². The largest absolute Gasteiger partial charge is 0.506 e. The number of aromatic hydroxyl groups is 1. The number of anilines is 2. The first kappa shape index (κ1) is 23.1. The maximum absolute atomic E-state index is 12.7. The van der Waals surface area contributed by atoms with E-state index in [0.29, 0.717) is 18.8 Å². The molecule has 2 amide bonds. The van der Waals surface area contributed by atoms with Gasteiger partial charge in [0.15, 0.2) is 0 Å². The van der Waals surface area contributed by atoms with E-state index in [-0.39, 0.29) is 33.7 Å². The first-order valence-electron chi connectivity index (χ1n) is 9.83. The summed E-state index contributed by atoms with van der Waals surface area (Å²) in [5.74, 6) is -0.847. The van der Waals surface area contributed by atoms with Gasteiger partial charge in [0.1, 0.15) is 5.75 Å². The molecule has 3 N–H and O–H groups in total. The molecule has 1 aliphatic rings. The van der Waals surface area contributed by atoms with Crippen LogP contribution in [0.3, 0.4) is 0 Å². The maximum atomic E-state index is 12.7. The molecule has 10 heteroatoms. The van der Waals surface area contributed by atoms with E-state index >= 15 is 0 Å². The third-order valence-electron chi connectivity index (χ3n) is 4.71. The molecule has 0 unspecified atom stereocenters. The van der Waals surface area contributed by atoms with Crippen LogP contribution in [0.2, 0.25) is 0 Å². The summed E-state index contributed by atoms with van der Waals surface area (Å²) in [4.78, 5) is 24.3. The van der Waals surface area contributed by atoms with E-state index in [1.165, 1.54) is 22.5 Å². The lowest BCUT2D eigenvalue weighted by molar-refractivity contribution is -0.114. The van der Waals surface area contributed by atoms with Crippen molar-refractivity contribution in [3.63, 3.8) is 0 Å². The van der Waals surface area contributed by atoms with Crippen molar-refractivity contribution in [2.24, 2.45) is 0 Å². The fourth-order valence-corrected chi connectivity index (χ4v) is 5.36. The van der Waals surface area contributed by atoms with Crippen LogP contribution in [0.1, 0.15) is 18.4 Å². The van der Waals surface area contributed by atoms with Crippen molar-refractivity contribution in [2.75, 3.05) is 35.2 Å². The summed E-state index contributed by atoms with van der Waals surface area (Å²) >= 11 is 1.12. The number of amides is 2. The van der Waals surface area contributed by atoms with Gasteiger partial charge in [-0.3, -0.25) is 9.59 Å². The Balaban J connectivity index is 1.53. The second-order valence-corrected chi connectivity index (χ2v) is 10.2. The van der Waals surface area contributed by atoms with Gasteiger partial charge in [-0.05, 0) is 55.7 Å². The normalized spacial score (nSPS) is 14.4. The lowest BCUT2D eigenvalue weighted by Crippen LogP contribution is -2.28. The number of hydrogen-bond acceptors (Lipinski definition) is 6. The zero-order valence-electron chi connectivity index (χ0n) is 17.1. The van der Waals surface area contributed by atoms with Crippen molar-refractivity contribution in [3.8, 4) is 5.75 Å². The molecule has 31 heavy (non-hydrogen) atoms. The van der Waals surface area contributed by atoms with Crippen molar-refractivity contribution < 1.29 is 23.1 Å². The number of benzene rings is 2. The third kappa shape index (κ3) is 6.22. The Kier molecular flexibility index (Phi) is 7.58. The first-order chi connectivity index (χ1) is 14.8. The SMILES string of the molecule is Cc1cccc(NC(=O)CSCC(=O)Nc2cc(S(=O)(=O)N3CCCC3)ccc2O)c1. The van der Waals surface area contributed by atoms with Gasteiger partial charge in [0.2, 0.25) is 21.8 Å². The molecular formula is C21H25N3O5S2. The average Bonchev–Trinajstić information content (AvgIpc) is 3.25. The van der Waals surface area contributed by atoms with E-state index in [1.54, 1.807) is 6.07 Å². The van der Waals surface area contributed by atoms with Crippen LogP contribution in [0.4, 0.5) is 11.4 Å². The van der Waals surface area contributed by atoms with E-state index in [1.807, 2.05) is 25.1 Å². The van der Waals surface area contributed by atoms with Crippen LogP contribution in [-0.2, 0) is 19.6 Å².